The third-order valence-corrected chi connectivity index (χ3v) is 5.96. The number of hydrogen-bond acceptors (Lipinski definition) is 3. The Balaban J connectivity index is 1.68. The Bertz CT molecular complexity index is 580. The number of aliphatic hydroxyl groups is 1. The SMILES string of the molecule is O=S(=O)(NC[C@]1(O)CCc2ccccc2C1)C1CC1. The van der Waals surface area contributed by atoms with Crippen molar-refractivity contribution < 1.29 is 13.5 Å². The zero-order valence-corrected chi connectivity index (χ0v) is 11.6. The average Bonchev–Trinajstić information content (AvgIpc) is 3.21. The van der Waals surface area contributed by atoms with Crippen LogP contribution in [0.2, 0.25) is 0 Å². The molecule has 3 rings (SSSR count). The summed E-state index contributed by atoms with van der Waals surface area (Å²) >= 11 is 0. The lowest BCUT2D eigenvalue weighted by Crippen LogP contribution is -2.47. The quantitative estimate of drug-likeness (QED) is 0.865. The van der Waals surface area contributed by atoms with Crippen LogP contribution < -0.4 is 4.72 Å². The van der Waals surface area contributed by atoms with Crippen molar-refractivity contribution in [1.29, 1.82) is 0 Å². The van der Waals surface area contributed by atoms with Gasteiger partial charge in [-0.2, -0.15) is 0 Å². The molecule has 0 aromatic heterocycles. The molecular formula is C14H19NO3S. The molecule has 1 fully saturated rings. The minimum absolute atomic E-state index is 0.125. The second-order valence-electron chi connectivity index (χ2n) is 5.74. The van der Waals surface area contributed by atoms with Gasteiger partial charge in [-0.1, -0.05) is 24.3 Å². The molecule has 104 valence electrons. The van der Waals surface area contributed by atoms with Crippen molar-refractivity contribution >= 4 is 10.0 Å². The number of rotatable bonds is 4. The summed E-state index contributed by atoms with van der Waals surface area (Å²) in [6, 6.07) is 8.04. The summed E-state index contributed by atoms with van der Waals surface area (Å²) in [5, 5.41) is 10.3. The molecule has 0 heterocycles. The lowest BCUT2D eigenvalue weighted by molar-refractivity contribution is 0.0317. The van der Waals surface area contributed by atoms with Gasteiger partial charge in [0.25, 0.3) is 0 Å². The summed E-state index contributed by atoms with van der Waals surface area (Å²) < 4.78 is 26.2. The van der Waals surface area contributed by atoms with Gasteiger partial charge in [0.1, 0.15) is 0 Å². The van der Waals surface area contributed by atoms with Gasteiger partial charge in [0.2, 0.25) is 10.0 Å². The van der Waals surface area contributed by atoms with Gasteiger partial charge in [-0.25, -0.2) is 13.1 Å². The molecule has 0 unspecified atom stereocenters. The number of hydrogen-bond donors (Lipinski definition) is 2. The van der Waals surface area contributed by atoms with Crippen LogP contribution in [0.1, 0.15) is 30.4 Å². The van der Waals surface area contributed by atoms with Gasteiger partial charge in [0.15, 0.2) is 0 Å². The lowest BCUT2D eigenvalue weighted by atomic mass is 9.80. The molecule has 2 aliphatic carbocycles. The summed E-state index contributed by atoms with van der Waals surface area (Å²) in [6.07, 6.45) is 3.43. The predicted octanol–water partition coefficient (Wildman–Crippen LogP) is 0.988. The number of fused-ring (bicyclic) bond motifs is 1. The fraction of sp³-hybridized carbons (Fsp3) is 0.571. The molecule has 19 heavy (non-hydrogen) atoms. The highest BCUT2D eigenvalue weighted by molar-refractivity contribution is 7.90. The molecule has 0 bridgehead atoms. The zero-order chi connectivity index (χ0) is 13.5. The maximum absolute atomic E-state index is 11.8. The maximum atomic E-state index is 11.8. The molecule has 2 N–H and O–H groups in total. The van der Waals surface area contributed by atoms with Crippen molar-refractivity contribution in [2.45, 2.75) is 43.0 Å². The average molecular weight is 281 g/mol. The van der Waals surface area contributed by atoms with Crippen LogP contribution in [0.15, 0.2) is 24.3 Å². The van der Waals surface area contributed by atoms with E-state index in [0.717, 1.165) is 24.8 Å². The molecule has 0 amide bonds. The number of sulfonamides is 1. The van der Waals surface area contributed by atoms with Crippen molar-refractivity contribution in [3.05, 3.63) is 35.4 Å². The first kappa shape index (κ1) is 13.1. The van der Waals surface area contributed by atoms with Gasteiger partial charge in [0.05, 0.1) is 10.9 Å². The molecule has 2 aliphatic rings. The summed E-state index contributed by atoms with van der Waals surface area (Å²) in [4.78, 5) is 0. The van der Waals surface area contributed by atoms with Crippen LogP contribution in [-0.4, -0.2) is 30.9 Å². The van der Waals surface area contributed by atoms with Crippen LogP contribution >= 0.6 is 0 Å². The first-order chi connectivity index (χ1) is 8.99. The lowest BCUT2D eigenvalue weighted by Gasteiger charge is -2.33. The van der Waals surface area contributed by atoms with E-state index in [1.54, 1.807) is 0 Å². The Morgan fingerprint density at radius 3 is 2.63 bits per heavy atom. The molecule has 1 aromatic rings. The second-order valence-corrected chi connectivity index (χ2v) is 7.78. The molecule has 0 saturated heterocycles. The van der Waals surface area contributed by atoms with Gasteiger partial charge >= 0.3 is 0 Å². The van der Waals surface area contributed by atoms with E-state index in [2.05, 4.69) is 10.8 Å². The Morgan fingerprint density at radius 1 is 1.26 bits per heavy atom. The Kier molecular flexibility index (Phi) is 3.15. The molecule has 1 atom stereocenters. The van der Waals surface area contributed by atoms with Gasteiger partial charge in [0, 0.05) is 13.0 Å². The van der Waals surface area contributed by atoms with Crippen LogP contribution in [0.25, 0.3) is 0 Å². The molecular weight excluding hydrogens is 262 g/mol. The highest BCUT2D eigenvalue weighted by Crippen LogP contribution is 2.30. The highest BCUT2D eigenvalue weighted by Gasteiger charge is 2.38. The Morgan fingerprint density at radius 2 is 1.95 bits per heavy atom. The number of aryl methyl sites for hydroxylation is 1. The van der Waals surface area contributed by atoms with Crippen molar-refractivity contribution in [3.63, 3.8) is 0 Å². The van der Waals surface area contributed by atoms with Crippen LogP contribution in [0.4, 0.5) is 0 Å². The van der Waals surface area contributed by atoms with Gasteiger partial charge in [-0.05, 0) is 36.8 Å². The molecule has 5 heteroatoms. The summed E-state index contributed by atoms with van der Waals surface area (Å²) in [6.45, 7) is 0.125. The first-order valence-corrected chi connectivity index (χ1v) is 8.31. The third kappa shape index (κ3) is 2.83. The fourth-order valence-corrected chi connectivity index (χ4v) is 4.13. The molecule has 1 saturated carbocycles. The molecule has 0 aliphatic heterocycles. The van der Waals surface area contributed by atoms with Crippen molar-refractivity contribution in [1.82, 2.24) is 4.72 Å². The minimum Gasteiger partial charge on any atom is -0.388 e. The number of benzene rings is 1. The van der Waals surface area contributed by atoms with E-state index >= 15 is 0 Å². The predicted molar refractivity (Wildman–Crippen MR) is 73.4 cm³/mol. The zero-order valence-electron chi connectivity index (χ0n) is 10.8. The van der Waals surface area contributed by atoms with E-state index in [9.17, 15) is 13.5 Å². The van der Waals surface area contributed by atoms with Crippen molar-refractivity contribution in [2.75, 3.05) is 6.54 Å². The second kappa shape index (κ2) is 4.58. The normalized spacial score (nSPS) is 27.0. The van der Waals surface area contributed by atoms with E-state index in [-0.39, 0.29) is 11.8 Å². The third-order valence-electron chi connectivity index (χ3n) is 4.06. The molecule has 0 spiro atoms. The monoisotopic (exact) mass is 281 g/mol. The first-order valence-electron chi connectivity index (χ1n) is 6.76. The molecule has 0 radical (unpaired) electrons. The fourth-order valence-electron chi connectivity index (χ4n) is 2.67. The van der Waals surface area contributed by atoms with Crippen LogP contribution in [0, 0.1) is 0 Å². The van der Waals surface area contributed by atoms with E-state index in [1.807, 2.05) is 18.2 Å². The number of nitrogens with one attached hydrogen (secondary N) is 1. The van der Waals surface area contributed by atoms with E-state index in [0.29, 0.717) is 12.8 Å². The van der Waals surface area contributed by atoms with Gasteiger partial charge in [-0.3, -0.25) is 0 Å². The van der Waals surface area contributed by atoms with E-state index in [1.165, 1.54) is 5.56 Å². The Hall–Kier alpha value is -0.910. The molecule has 4 nitrogen and oxygen atoms in total. The van der Waals surface area contributed by atoms with Crippen LogP contribution in [0.5, 0.6) is 0 Å². The molecule has 1 aromatic carbocycles. The maximum Gasteiger partial charge on any atom is 0.214 e. The van der Waals surface area contributed by atoms with Crippen molar-refractivity contribution in [3.8, 4) is 0 Å². The van der Waals surface area contributed by atoms with E-state index in [4.69, 9.17) is 0 Å². The summed E-state index contributed by atoms with van der Waals surface area (Å²) in [5.74, 6) is 0. The van der Waals surface area contributed by atoms with Crippen LogP contribution in [0.3, 0.4) is 0 Å². The topological polar surface area (TPSA) is 66.4 Å². The Labute approximate surface area is 113 Å². The van der Waals surface area contributed by atoms with Crippen LogP contribution in [-0.2, 0) is 22.9 Å². The highest BCUT2D eigenvalue weighted by atomic mass is 32.2. The smallest absolute Gasteiger partial charge is 0.214 e. The van der Waals surface area contributed by atoms with Gasteiger partial charge < -0.3 is 5.11 Å². The summed E-state index contributed by atoms with van der Waals surface area (Å²) in [5.41, 5.74) is 1.44. The van der Waals surface area contributed by atoms with Crippen molar-refractivity contribution in [2.24, 2.45) is 0 Å². The van der Waals surface area contributed by atoms with E-state index < -0.39 is 15.6 Å². The minimum atomic E-state index is -3.21. The standard InChI is InChI=1S/C14H19NO3S/c16-14(10-15-19(17,18)13-5-6-13)8-7-11-3-1-2-4-12(11)9-14/h1-4,13,15-16H,5-10H2/t14-/m0/s1. The summed E-state index contributed by atoms with van der Waals surface area (Å²) in [7, 11) is -3.21. The largest absolute Gasteiger partial charge is 0.388 e. The van der Waals surface area contributed by atoms with Gasteiger partial charge in [-0.15, -0.1) is 0 Å².